The molecule has 1 aromatic carbocycles. The maximum absolute atomic E-state index is 12.0. The van der Waals surface area contributed by atoms with E-state index in [9.17, 15) is 13.2 Å². The van der Waals surface area contributed by atoms with E-state index in [0.717, 1.165) is 36.8 Å². The van der Waals surface area contributed by atoms with Crippen LogP contribution in [0.1, 0.15) is 44.1 Å². The topological polar surface area (TPSA) is 60.4 Å². The molecular formula is C17H22O4S. The molecule has 0 radical (unpaired) electrons. The van der Waals surface area contributed by atoms with Crippen LogP contribution < -0.4 is 0 Å². The van der Waals surface area contributed by atoms with Gasteiger partial charge in [0.25, 0.3) is 10.1 Å². The second kappa shape index (κ2) is 7.70. The molecule has 2 rings (SSSR count). The first kappa shape index (κ1) is 16.9. The van der Waals surface area contributed by atoms with E-state index in [0.29, 0.717) is 12.8 Å². The molecule has 1 aliphatic rings. The van der Waals surface area contributed by atoms with E-state index in [1.165, 1.54) is 0 Å². The molecule has 0 unspecified atom stereocenters. The fraction of sp³-hybridized carbons (Fsp3) is 0.471. The molecule has 0 spiro atoms. The molecule has 0 N–H and O–H groups in total. The Balaban J connectivity index is 1.67. The van der Waals surface area contributed by atoms with Gasteiger partial charge in [0, 0.05) is 6.42 Å². The van der Waals surface area contributed by atoms with Crippen LogP contribution in [-0.4, -0.2) is 20.8 Å². The van der Waals surface area contributed by atoms with Crippen molar-refractivity contribution in [3.8, 4) is 0 Å². The minimum absolute atomic E-state index is 0.184. The Bertz CT molecular complexity index is 642. The Hall–Kier alpha value is -1.46. The number of unbranched alkanes of at least 4 members (excludes halogenated alkanes) is 2. The molecule has 0 saturated heterocycles. The average Bonchev–Trinajstić information content (AvgIpc) is 2.88. The van der Waals surface area contributed by atoms with Gasteiger partial charge in [0.15, 0.2) is 5.78 Å². The summed E-state index contributed by atoms with van der Waals surface area (Å²) >= 11 is 0. The minimum atomic E-state index is -3.65. The second-order valence-corrected chi connectivity index (χ2v) is 7.21. The first-order valence-corrected chi connectivity index (χ1v) is 9.08. The van der Waals surface area contributed by atoms with Gasteiger partial charge in [-0.1, -0.05) is 30.2 Å². The van der Waals surface area contributed by atoms with Crippen molar-refractivity contribution in [1.82, 2.24) is 0 Å². The van der Waals surface area contributed by atoms with E-state index in [1.54, 1.807) is 24.3 Å². The summed E-state index contributed by atoms with van der Waals surface area (Å²) in [5, 5.41) is 0. The normalized spacial score (nSPS) is 15.1. The Labute approximate surface area is 132 Å². The molecule has 5 heteroatoms. The van der Waals surface area contributed by atoms with Crippen molar-refractivity contribution in [1.29, 1.82) is 0 Å². The van der Waals surface area contributed by atoms with Gasteiger partial charge < -0.3 is 0 Å². The van der Waals surface area contributed by atoms with Crippen LogP contribution in [0, 0.1) is 6.92 Å². The molecule has 0 heterocycles. The van der Waals surface area contributed by atoms with Crippen molar-refractivity contribution >= 4 is 15.9 Å². The molecule has 0 aromatic heterocycles. The number of benzene rings is 1. The molecule has 4 nitrogen and oxygen atoms in total. The number of hydrogen-bond donors (Lipinski definition) is 0. The zero-order valence-electron chi connectivity index (χ0n) is 12.9. The van der Waals surface area contributed by atoms with Crippen LogP contribution in [0.4, 0.5) is 0 Å². The maximum Gasteiger partial charge on any atom is 0.296 e. The van der Waals surface area contributed by atoms with Crippen molar-refractivity contribution in [3.05, 3.63) is 41.5 Å². The lowest BCUT2D eigenvalue weighted by Gasteiger charge is -2.06. The number of carbonyl (C=O) groups excluding carboxylic acids is 1. The second-order valence-electron chi connectivity index (χ2n) is 5.59. The van der Waals surface area contributed by atoms with Gasteiger partial charge in [-0.05, 0) is 50.3 Å². The quantitative estimate of drug-likeness (QED) is 0.542. The molecule has 0 fully saturated rings. The third-order valence-electron chi connectivity index (χ3n) is 3.76. The minimum Gasteiger partial charge on any atom is -0.295 e. The van der Waals surface area contributed by atoms with E-state index in [1.807, 2.05) is 13.0 Å². The van der Waals surface area contributed by atoms with E-state index in [2.05, 4.69) is 0 Å². The van der Waals surface area contributed by atoms with Gasteiger partial charge in [0.2, 0.25) is 0 Å². The number of hydrogen-bond acceptors (Lipinski definition) is 4. The number of carbonyl (C=O) groups is 1. The highest BCUT2D eigenvalue weighted by molar-refractivity contribution is 7.86. The van der Waals surface area contributed by atoms with Crippen molar-refractivity contribution in [3.63, 3.8) is 0 Å². The molecule has 120 valence electrons. The summed E-state index contributed by atoms with van der Waals surface area (Å²) in [4.78, 5) is 11.6. The lowest BCUT2D eigenvalue weighted by molar-refractivity contribution is -0.115. The maximum atomic E-state index is 12.0. The third-order valence-corrected chi connectivity index (χ3v) is 5.09. The van der Waals surface area contributed by atoms with Crippen LogP contribution in [0.3, 0.4) is 0 Å². The van der Waals surface area contributed by atoms with E-state index >= 15 is 0 Å². The van der Waals surface area contributed by atoms with Crippen molar-refractivity contribution in [2.24, 2.45) is 0 Å². The molecule has 0 bridgehead atoms. The lowest BCUT2D eigenvalue weighted by Crippen LogP contribution is -2.07. The summed E-state index contributed by atoms with van der Waals surface area (Å²) < 4.78 is 28.9. The molecule has 0 saturated carbocycles. The summed E-state index contributed by atoms with van der Waals surface area (Å²) in [7, 11) is -3.65. The molecule has 1 aromatic rings. The summed E-state index contributed by atoms with van der Waals surface area (Å²) in [6.07, 6.45) is 6.75. The molecular weight excluding hydrogens is 300 g/mol. The summed E-state index contributed by atoms with van der Waals surface area (Å²) in [5.74, 6) is 0.262. The van der Waals surface area contributed by atoms with Crippen LogP contribution in [0.15, 0.2) is 40.8 Å². The number of Topliss-reactive ketones (excluding diaryl/α,β-unsaturated/α-hetero) is 1. The number of allylic oxidation sites excluding steroid dienone is 2. The van der Waals surface area contributed by atoms with E-state index < -0.39 is 10.1 Å². The molecule has 0 amide bonds. The molecule has 0 atom stereocenters. The third kappa shape index (κ3) is 4.78. The molecule has 1 aliphatic carbocycles. The van der Waals surface area contributed by atoms with E-state index in [-0.39, 0.29) is 17.3 Å². The van der Waals surface area contributed by atoms with Gasteiger partial charge in [0.05, 0.1) is 11.5 Å². The van der Waals surface area contributed by atoms with Gasteiger partial charge >= 0.3 is 0 Å². The smallest absolute Gasteiger partial charge is 0.295 e. The SMILES string of the molecule is Cc1ccc(S(=O)(=O)OCCCCCC2=CCCC2=O)cc1. The first-order valence-electron chi connectivity index (χ1n) is 7.67. The highest BCUT2D eigenvalue weighted by atomic mass is 32.2. The van der Waals surface area contributed by atoms with Crippen LogP contribution in [0.25, 0.3) is 0 Å². The van der Waals surface area contributed by atoms with Gasteiger partial charge in [-0.25, -0.2) is 0 Å². The Morgan fingerprint density at radius 1 is 1.09 bits per heavy atom. The number of aryl methyl sites for hydroxylation is 1. The number of rotatable bonds is 8. The van der Waals surface area contributed by atoms with Crippen LogP contribution in [-0.2, 0) is 19.1 Å². The molecule has 22 heavy (non-hydrogen) atoms. The highest BCUT2D eigenvalue weighted by Gasteiger charge is 2.15. The molecule has 0 aliphatic heterocycles. The lowest BCUT2D eigenvalue weighted by atomic mass is 10.1. The monoisotopic (exact) mass is 322 g/mol. The number of ketones is 1. The zero-order chi connectivity index (χ0) is 16.0. The Morgan fingerprint density at radius 3 is 2.45 bits per heavy atom. The summed E-state index contributed by atoms with van der Waals surface area (Å²) in [6, 6.07) is 6.62. The fourth-order valence-electron chi connectivity index (χ4n) is 2.43. The standard InChI is InChI=1S/C17H22O4S/c1-14-9-11-16(12-10-14)22(19,20)21-13-4-2-3-6-15-7-5-8-17(15)18/h7,9-12H,2-6,8,13H2,1H3. The van der Waals surface area contributed by atoms with Crippen LogP contribution in [0.2, 0.25) is 0 Å². The summed E-state index contributed by atoms with van der Waals surface area (Å²) in [6.45, 7) is 2.09. The summed E-state index contributed by atoms with van der Waals surface area (Å²) in [5.41, 5.74) is 1.95. The van der Waals surface area contributed by atoms with Gasteiger partial charge in [-0.3, -0.25) is 8.98 Å². The zero-order valence-corrected chi connectivity index (χ0v) is 13.7. The van der Waals surface area contributed by atoms with Crippen molar-refractivity contribution in [2.45, 2.75) is 50.3 Å². The Morgan fingerprint density at radius 2 is 1.82 bits per heavy atom. The fourth-order valence-corrected chi connectivity index (χ4v) is 3.37. The van der Waals surface area contributed by atoms with Crippen molar-refractivity contribution < 1.29 is 17.4 Å². The van der Waals surface area contributed by atoms with Gasteiger partial charge in [0.1, 0.15) is 0 Å². The predicted molar refractivity (Wildman–Crippen MR) is 85.1 cm³/mol. The van der Waals surface area contributed by atoms with Crippen LogP contribution >= 0.6 is 0 Å². The van der Waals surface area contributed by atoms with Gasteiger partial charge in [-0.2, -0.15) is 8.42 Å². The predicted octanol–water partition coefficient (Wildman–Crippen LogP) is 3.55. The van der Waals surface area contributed by atoms with Gasteiger partial charge in [-0.15, -0.1) is 0 Å². The first-order chi connectivity index (χ1) is 10.5. The van der Waals surface area contributed by atoms with Crippen LogP contribution in [0.5, 0.6) is 0 Å². The highest BCUT2D eigenvalue weighted by Crippen LogP contribution is 2.20. The van der Waals surface area contributed by atoms with Crippen molar-refractivity contribution in [2.75, 3.05) is 6.61 Å². The average molecular weight is 322 g/mol. The largest absolute Gasteiger partial charge is 0.296 e. The Kier molecular flexibility index (Phi) is 5.91. The van der Waals surface area contributed by atoms with E-state index in [4.69, 9.17) is 4.18 Å².